The summed E-state index contributed by atoms with van der Waals surface area (Å²) in [5.74, 6) is -0.0102. The lowest BCUT2D eigenvalue weighted by Gasteiger charge is -2.08. The highest BCUT2D eigenvalue weighted by Crippen LogP contribution is 2.12. The lowest BCUT2D eigenvalue weighted by atomic mass is 10.2. The summed E-state index contributed by atoms with van der Waals surface area (Å²) >= 11 is 0. The van der Waals surface area contributed by atoms with E-state index in [4.69, 9.17) is 10.00 Å². The fourth-order valence-corrected chi connectivity index (χ4v) is 2.20. The number of nitrogens with one attached hydrogen (secondary N) is 1. The van der Waals surface area contributed by atoms with Crippen molar-refractivity contribution in [3.05, 3.63) is 66.0 Å². The van der Waals surface area contributed by atoms with Crippen LogP contribution in [0.1, 0.15) is 16.1 Å². The summed E-state index contributed by atoms with van der Waals surface area (Å²) in [6.07, 6.45) is 1.59. The van der Waals surface area contributed by atoms with Crippen molar-refractivity contribution in [1.82, 2.24) is 9.97 Å². The minimum Gasteiger partial charge on any atom is -0.459 e. The number of carbonyl (C=O) groups is 1. The molecule has 1 aromatic carbocycles. The molecule has 0 spiro atoms. The predicted molar refractivity (Wildman–Crippen MR) is 89.5 cm³/mol. The largest absolute Gasteiger partial charge is 0.459 e. The fourth-order valence-electron chi connectivity index (χ4n) is 2.20. The number of esters is 1. The van der Waals surface area contributed by atoms with Crippen LogP contribution >= 0.6 is 0 Å². The van der Waals surface area contributed by atoms with Gasteiger partial charge in [-0.3, -0.25) is 0 Å². The number of para-hydroxylation sites is 1. The molecule has 0 saturated carbocycles. The molecule has 0 saturated heterocycles. The van der Waals surface area contributed by atoms with Crippen molar-refractivity contribution in [2.75, 3.05) is 18.5 Å². The van der Waals surface area contributed by atoms with Crippen LogP contribution in [0.25, 0.3) is 10.9 Å². The number of ether oxygens (including phenoxy) is 1. The van der Waals surface area contributed by atoms with E-state index >= 15 is 0 Å². The van der Waals surface area contributed by atoms with E-state index in [0.29, 0.717) is 17.9 Å². The predicted octanol–water partition coefficient (Wildman–Crippen LogP) is 2.77. The number of pyridine rings is 2. The molecule has 0 bridgehead atoms. The molecule has 118 valence electrons. The lowest BCUT2D eigenvalue weighted by molar-refractivity contribution is 0.0514. The smallest absolute Gasteiger partial charge is 0.357 e. The SMILES string of the molecule is N#Cc1cccnc1NCCOC(=O)c1ccc2ccccc2n1. The summed E-state index contributed by atoms with van der Waals surface area (Å²) in [4.78, 5) is 20.4. The van der Waals surface area contributed by atoms with Crippen LogP contribution in [0.15, 0.2) is 54.7 Å². The first-order valence-electron chi connectivity index (χ1n) is 7.40. The van der Waals surface area contributed by atoms with Gasteiger partial charge in [0.1, 0.15) is 24.2 Å². The van der Waals surface area contributed by atoms with Crippen LogP contribution < -0.4 is 5.32 Å². The lowest BCUT2D eigenvalue weighted by Crippen LogP contribution is -2.15. The van der Waals surface area contributed by atoms with E-state index in [1.165, 1.54) is 0 Å². The van der Waals surface area contributed by atoms with Gasteiger partial charge in [0.2, 0.25) is 0 Å². The van der Waals surface area contributed by atoms with Crippen molar-refractivity contribution < 1.29 is 9.53 Å². The molecule has 1 N–H and O–H groups in total. The van der Waals surface area contributed by atoms with Crippen molar-refractivity contribution in [2.45, 2.75) is 0 Å². The van der Waals surface area contributed by atoms with Crippen molar-refractivity contribution in [1.29, 1.82) is 5.26 Å². The first-order chi connectivity index (χ1) is 11.8. The minimum absolute atomic E-state index is 0.148. The Hall–Kier alpha value is -3.46. The zero-order chi connectivity index (χ0) is 16.8. The maximum atomic E-state index is 12.0. The number of fused-ring (bicyclic) bond motifs is 1. The highest BCUT2D eigenvalue weighted by atomic mass is 16.5. The van der Waals surface area contributed by atoms with E-state index in [-0.39, 0.29) is 12.3 Å². The molecular formula is C18H14N4O2. The van der Waals surface area contributed by atoms with Crippen LogP contribution in [0.2, 0.25) is 0 Å². The molecule has 3 rings (SSSR count). The minimum atomic E-state index is -0.482. The number of nitrogens with zero attached hydrogens (tertiary/aromatic N) is 3. The topological polar surface area (TPSA) is 87.9 Å². The van der Waals surface area contributed by atoms with Gasteiger partial charge in [-0.15, -0.1) is 0 Å². The molecule has 0 radical (unpaired) electrons. The van der Waals surface area contributed by atoms with E-state index in [1.54, 1.807) is 24.4 Å². The van der Waals surface area contributed by atoms with E-state index in [2.05, 4.69) is 15.3 Å². The molecule has 3 aromatic rings. The Labute approximate surface area is 138 Å². The summed E-state index contributed by atoms with van der Waals surface area (Å²) < 4.78 is 5.20. The van der Waals surface area contributed by atoms with Gasteiger partial charge < -0.3 is 10.1 Å². The second-order valence-corrected chi connectivity index (χ2v) is 4.96. The molecule has 6 heteroatoms. The average Bonchev–Trinajstić information content (AvgIpc) is 2.65. The molecular weight excluding hydrogens is 304 g/mol. The molecule has 2 heterocycles. The highest BCUT2D eigenvalue weighted by molar-refractivity contribution is 5.91. The molecule has 2 aromatic heterocycles. The van der Waals surface area contributed by atoms with Gasteiger partial charge in [-0.05, 0) is 24.3 Å². The number of anilines is 1. The molecule has 0 unspecified atom stereocenters. The summed E-state index contributed by atoms with van der Waals surface area (Å²) in [6, 6.07) is 16.4. The third-order valence-corrected chi connectivity index (χ3v) is 3.36. The van der Waals surface area contributed by atoms with Crippen LogP contribution in [0, 0.1) is 11.3 Å². The van der Waals surface area contributed by atoms with Gasteiger partial charge in [-0.1, -0.05) is 24.3 Å². The monoisotopic (exact) mass is 318 g/mol. The van der Waals surface area contributed by atoms with Gasteiger partial charge in [0.15, 0.2) is 0 Å². The maximum absolute atomic E-state index is 12.0. The fraction of sp³-hybridized carbons (Fsp3) is 0.111. The van der Waals surface area contributed by atoms with Crippen LogP contribution in [0.4, 0.5) is 5.82 Å². The molecule has 0 amide bonds. The van der Waals surface area contributed by atoms with Crippen molar-refractivity contribution in [3.63, 3.8) is 0 Å². The number of benzene rings is 1. The van der Waals surface area contributed by atoms with Gasteiger partial charge in [-0.2, -0.15) is 5.26 Å². The number of nitriles is 1. The van der Waals surface area contributed by atoms with Gasteiger partial charge >= 0.3 is 5.97 Å². The third kappa shape index (κ3) is 3.47. The number of carbonyl (C=O) groups excluding carboxylic acids is 1. The van der Waals surface area contributed by atoms with Crippen molar-refractivity contribution >= 4 is 22.7 Å². The van der Waals surface area contributed by atoms with Crippen LogP contribution in [0.3, 0.4) is 0 Å². The van der Waals surface area contributed by atoms with Gasteiger partial charge in [0, 0.05) is 11.6 Å². The summed E-state index contributed by atoms with van der Waals surface area (Å²) in [6.45, 7) is 0.500. The number of aromatic nitrogens is 2. The Morgan fingerprint density at radius 2 is 2.04 bits per heavy atom. The van der Waals surface area contributed by atoms with Crippen molar-refractivity contribution in [2.24, 2.45) is 0 Å². The molecule has 0 fully saturated rings. The molecule has 6 nitrogen and oxygen atoms in total. The quantitative estimate of drug-likeness (QED) is 0.575. The van der Waals surface area contributed by atoms with E-state index in [0.717, 1.165) is 10.9 Å². The third-order valence-electron chi connectivity index (χ3n) is 3.36. The maximum Gasteiger partial charge on any atom is 0.357 e. The summed E-state index contributed by atoms with van der Waals surface area (Å²) in [5, 5.41) is 12.9. The molecule has 0 atom stereocenters. The van der Waals surface area contributed by atoms with Crippen LogP contribution in [-0.2, 0) is 4.74 Å². The molecule has 24 heavy (non-hydrogen) atoms. The first kappa shape index (κ1) is 15.4. The van der Waals surface area contributed by atoms with Gasteiger partial charge in [-0.25, -0.2) is 14.8 Å². The standard InChI is InChI=1S/C18H14N4O2/c19-12-14-5-3-9-20-17(14)21-10-11-24-18(23)16-8-7-13-4-1-2-6-15(13)22-16/h1-9H,10-11H2,(H,20,21). The van der Waals surface area contributed by atoms with Crippen LogP contribution in [0.5, 0.6) is 0 Å². The zero-order valence-corrected chi connectivity index (χ0v) is 12.8. The molecule has 0 aliphatic heterocycles. The Morgan fingerprint density at radius 1 is 1.17 bits per heavy atom. The average molecular weight is 318 g/mol. The van der Waals surface area contributed by atoms with E-state index in [1.807, 2.05) is 36.4 Å². The van der Waals surface area contributed by atoms with E-state index < -0.39 is 5.97 Å². The first-order valence-corrected chi connectivity index (χ1v) is 7.40. The number of hydrogen-bond donors (Lipinski definition) is 1. The second kappa shape index (κ2) is 7.20. The Morgan fingerprint density at radius 3 is 2.92 bits per heavy atom. The summed E-state index contributed by atoms with van der Waals surface area (Å²) in [5.41, 5.74) is 1.46. The van der Waals surface area contributed by atoms with E-state index in [9.17, 15) is 4.79 Å². The summed E-state index contributed by atoms with van der Waals surface area (Å²) in [7, 11) is 0. The number of rotatable bonds is 5. The van der Waals surface area contributed by atoms with Gasteiger partial charge in [0.25, 0.3) is 0 Å². The Bertz CT molecular complexity index is 918. The van der Waals surface area contributed by atoms with Crippen LogP contribution in [-0.4, -0.2) is 29.1 Å². The molecule has 0 aliphatic rings. The zero-order valence-electron chi connectivity index (χ0n) is 12.8. The Balaban J connectivity index is 1.56. The highest BCUT2D eigenvalue weighted by Gasteiger charge is 2.09. The van der Waals surface area contributed by atoms with Crippen molar-refractivity contribution in [3.8, 4) is 6.07 Å². The molecule has 0 aliphatic carbocycles. The second-order valence-electron chi connectivity index (χ2n) is 4.96. The Kier molecular flexibility index (Phi) is 4.63. The normalized spacial score (nSPS) is 10.1. The van der Waals surface area contributed by atoms with Gasteiger partial charge in [0.05, 0.1) is 17.6 Å². The number of hydrogen-bond acceptors (Lipinski definition) is 6.